The number of ether oxygens (including phenoxy) is 1. The lowest BCUT2D eigenvalue weighted by Gasteiger charge is -2.33. The van der Waals surface area contributed by atoms with E-state index in [-0.39, 0.29) is 23.6 Å². The van der Waals surface area contributed by atoms with Crippen LogP contribution in [0.15, 0.2) is 79.0 Å². The molecule has 1 saturated carbocycles. The molecule has 0 bridgehead atoms. The van der Waals surface area contributed by atoms with Crippen molar-refractivity contribution < 1.29 is 14.3 Å². The predicted octanol–water partition coefficient (Wildman–Crippen LogP) is 4.93. The average molecular weight is 444 g/mol. The van der Waals surface area contributed by atoms with E-state index in [4.69, 9.17) is 4.74 Å². The monoisotopic (exact) mass is 443 g/mol. The van der Waals surface area contributed by atoms with Gasteiger partial charge in [-0.15, -0.1) is 0 Å². The maximum Gasteiger partial charge on any atom is 0.277 e. The van der Waals surface area contributed by atoms with E-state index in [2.05, 4.69) is 10.3 Å². The minimum Gasteiger partial charge on any atom is -0.497 e. The number of para-hydroxylation sites is 1. The minimum absolute atomic E-state index is 0.120. The third kappa shape index (κ3) is 5.40. The molecule has 2 amide bonds. The second-order valence-electron chi connectivity index (χ2n) is 8.24. The van der Waals surface area contributed by atoms with Crippen molar-refractivity contribution in [3.63, 3.8) is 0 Å². The molecule has 170 valence electrons. The van der Waals surface area contributed by atoms with E-state index in [1.54, 1.807) is 36.4 Å². The highest BCUT2D eigenvalue weighted by Gasteiger charge is 2.35. The number of hydrogen-bond donors (Lipinski definition) is 1. The summed E-state index contributed by atoms with van der Waals surface area (Å²) < 4.78 is 5.30. The molecule has 4 rings (SSSR count). The van der Waals surface area contributed by atoms with Gasteiger partial charge in [-0.05, 0) is 54.8 Å². The Morgan fingerprint density at radius 2 is 1.64 bits per heavy atom. The van der Waals surface area contributed by atoms with Crippen molar-refractivity contribution in [3.8, 4) is 5.75 Å². The summed E-state index contributed by atoms with van der Waals surface area (Å²) in [6.45, 7) is 0. The molecule has 1 heterocycles. The lowest BCUT2D eigenvalue weighted by molar-refractivity contribution is -0.123. The molecule has 1 atom stereocenters. The third-order valence-electron chi connectivity index (χ3n) is 6.03. The summed E-state index contributed by atoms with van der Waals surface area (Å²) >= 11 is 0. The van der Waals surface area contributed by atoms with Crippen LogP contribution < -0.4 is 15.0 Å². The Morgan fingerprint density at radius 1 is 0.939 bits per heavy atom. The molecular weight excluding hydrogens is 414 g/mol. The molecule has 1 aliphatic rings. The van der Waals surface area contributed by atoms with Crippen LogP contribution >= 0.6 is 0 Å². The Kier molecular flexibility index (Phi) is 7.35. The number of benzene rings is 2. The zero-order valence-corrected chi connectivity index (χ0v) is 18.8. The first kappa shape index (κ1) is 22.5. The highest BCUT2D eigenvalue weighted by Crippen LogP contribution is 2.31. The van der Waals surface area contributed by atoms with Crippen molar-refractivity contribution >= 4 is 17.5 Å². The molecule has 3 aromatic rings. The molecule has 1 aliphatic carbocycles. The molecule has 0 unspecified atom stereocenters. The number of rotatable bonds is 7. The number of carbonyl (C=O) groups is 2. The molecule has 0 saturated heterocycles. The number of nitrogens with one attached hydrogen (secondary N) is 1. The van der Waals surface area contributed by atoms with E-state index in [1.165, 1.54) is 6.42 Å². The summed E-state index contributed by atoms with van der Waals surface area (Å²) in [5.41, 5.74) is 1.62. The standard InChI is InChI=1S/C27H29N3O3/c1-33-23-17-15-20(16-18-23)25(26(31)29-21-10-4-2-5-11-21)30(22-12-6-3-7-13-22)27(32)24-14-8-9-19-28-24/h3,6-9,12-19,21,25H,2,4-5,10-11H2,1H3,(H,29,31)/t25-/m1/s1. The first-order valence-electron chi connectivity index (χ1n) is 11.4. The largest absolute Gasteiger partial charge is 0.497 e. The van der Waals surface area contributed by atoms with E-state index >= 15 is 0 Å². The van der Waals surface area contributed by atoms with Crippen molar-refractivity contribution in [2.45, 2.75) is 44.2 Å². The number of aromatic nitrogens is 1. The fraction of sp³-hybridized carbons (Fsp3) is 0.296. The van der Waals surface area contributed by atoms with Crippen molar-refractivity contribution in [1.82, 2.24) is 10.3 Å². The molecule has 1 N–H and O–H groups in total. The van der Waals surface area contributed by atoms with Crippen LogP contribution in [0, 0.1) is 0 Å². The van der Waals surface area contributed by atoms with Crippen molar-refractivity contribution in [2.75, 3.05) is 12.0 Å². The zero-order chi connectivity index (χ0) is 23.0. The van der Waals surface area contributed by atoms with Crippen LogP contribution in [0.25, 0.3) is 0 Å². The van der Waals surface area contributed by atoms with Gasteiger partial charge in [0.25, 0.3) is 5.91 Å². The van der Waals surface area contributed by atoms with Crippen LogP contribution in [-0.4, -0.2) is 29.9 Å². The molecule has 0 aliphatic heterocycles. The van der Waals surface area contributed by atoms with Crippen LogP contribution in [0.1, 0.15) is 54.2 Å². The van der Waals surface area contributed by atoms with Crippen LogP contribution in [-0.2, 0) is 4.79 Å². The number of carbonyl (C=O) groups excluding carboxylic acids is 2. The predicted molar refractivity (Wildman–Crippen MR) is 128 cm³/mol. The van der Waals surface area contributed by atoms with Crippen LogP contribution in [0.4, 0.5) is 5.69 Å². The summed E-state index contributed by atoms with van der Waals surface area (Å²) in [5.74, 6) is 0.161. The van der Waals surface area contributed by atoms with Gasteiger partial charge in [0, 0.05) is 17.9 Å². The normalized spacial score (nSPS) is 14.8. The second kappa shape index (κ2) is 10.8. The summed E-state index contributed by atoms with van der Waals surface area (Å²) in [6.07, 6.45) is 6.91. The fourth-order valence-electron chi connectivity index (χ4n) is 4.32. The number of pyridine rings is 1. The second-order valence-corrected chi connectivity index (χ2v) is 8.24. The van der Waals surface area contributed by atoms with Crippen LogP contribution in [0.3, 0.4) is 0 Å². The summed E-state index contributed by atoms with van der Waals surface area (Å²) in [5, 5.41) is 3.22. The number of methoxy groups -OCH3 is 1. The highest BCUT2D eigenvalue weighted by atomic mass is 16.5. The molecule has 0 radical (unpaired) electrons. The minimum atomic E-state index is -0.852. The number of hydrogen-bond acceptors (Lipinski definition) is 4. The molecule has 6 heteroatoms. The van der Waals surface area contributed by atoms with Crippen LogP contribution in [0.2, 0.25) is 0 Å². The molecule has 1 fully saturated rings. The molecule has 6 nitrogen and oxygen atoms in total. The first-order chi connectivity index (χ1) is 16.2. The lowest BCUT2D eigenvalue weighted by atomic mass is 9.94. The van der Waals surface area contributed by atoms with Crippen molar-refractivity contribution in [3.05, 3.63) is 90.3 Å². The number of nitrogens with zero attached hydrogens (tertiary/aromatic N) is 2. The quantitative estimate of drug-likeness (QED) is 0.562. The summed E-state index contributed by atoms with van der Waals surface area (Å²) in [4.78, 5) is 33.3. The molecule has 0 spiro atoms. The Hall–Kier alpha value is -3.67. The molecule has 33 heavy (non-hydrogen) atoms. The van der Waals surface area contributed by atoms with Gasteiger partial charge >= 0.3 is 0 Å². The van der Waals surface area contributed by atoms with E-state index in [9.17, 15) is 9.59 Å². The number of anilines is 1. The average Bonchev–Trinajstić information content (AvgIpc) is 2.88. The van der Waals surface area contributed by atoms with Gasteiger partial charge in [0.15, 0.2) is 0 Å². The first-order valence-corrected chi connectivity index (χ1v) is 11.4. The van der Waals surface area contributed by atoms with Gasteiger partial charge in [-0.1, -0.05) is 55.7 Å². The molecule has 1 aromatic heterocycles. The topological polar surface area (TPSA) is 71.5 Å². The van der Waals surface area contributed by atoms with Gasteiger partial charge < -0.3 is 10.1 Å². The van der Waals surface area contributed by atoms with Crippen molar-refractivity contribution in [2.24, 2.45) is 0 Å². The Morgan fingerprint density at radius 3 is 2.27 bits per heavy atom. The highest BCUT2D eigenvalue weighted by molar-refractivity contribution is 6.09. The Balaban J connectivity index is 1.77. The lowest BCUT2D eigenvalue weighted by Crippen LogP contribution is -2.47. The van der Waals surface area contributed by atoms with Gasteiger partial charge in [0.1, 0.15) is 17.5 Å². The summed E-state index contributed by atoms with van der Waals surface area (Å²) in [7, 11) is 1.60. The van der Waals surface area contributed by atoms with Gasteiger partial charge in [0.05, 0.1) is 7.11 Å². The van der Waals surface area contributed by atoms with Gasteiger partial charge in [-0.2, -0.15) is 0 Å². The van der Waals surface area contributed by atoms with Gasteiger partial charge in [0.2, 0.25) is 5.91 Å². The maximum absolute atomic E-state index is 13.8. The van der Waals surface area contributed by atoms with Gasteiger partial charge in [-0.3, -0.25) is 19.5 Å². The zero-order valence-electron chi connectivity index (χ0n) is 18.8. The van der Waals surface area contributed by atoms with Crippen molar-refractivity contribution in [1.29, 1.82) is 0 Å². The van der Waals surface area contributed by atoms with E-state index in [0.29, 0.717) is 17.0 Å². The van der Waals surface area contributed by atoms with E-state index in [0.717, 1.165) is 25.7 Å². The van der Waals surface area contributed by atoms with Crippen LogP contribution in [0.5, 0.6) is 5.75 Å². The maximum atomic E-state index is 13.8. The number of amides is 2. The molecular formula is C27H29N3O3. The Bertz CT molecular complexity index is 1050. The third-order valence-corrected chi connectivity index (χ3v) is 6.03. The van der Waals surface area contributed by atoms with Gasteiger partial charge in [-0.25, -0.2) is 0 Å². The molecule has 2 aromatic carbocycles. The SMILES string of the molecule is COc1ccc([C@H](C(=O)NC2CCCCC2)N(C(=O)c2ccccn2)c2ccccc2)cc1. The summed E-state index contributed by atoms with van der Waals surface area (Å²) in [6, 6.07) is 21.1. The Labute approximate surface area is 194 Å². The fourth-order valence-corrected chi connectivity index (χ4v) is 4.32. The van der Waals surface area contributed by atoms with E-state index < -0.39 is 6.04 Å². The smallest absolute Gasteiger partial charge is 0.277 e. The van der Waals surface area contributed by atoms with E-state index in [1.807, 2.05) is 54.6 Å².